The maximum Gasteiger partial charge on any atom is 0.120 e. The molecule has 0 saturated carbocycles. The van der Waals surface area contributed by atoms with Crippen LogP contribution in [0.2, 0.25) is 0 Å². The lowest BCUT2D eigenvalue weighted by Crippen LogP contribution is -2.13. The predicted molar refractivity (Wildman–Crippen MR) is 63.7 cm³/mol. The highest BCUT2D eigenvalue weighted by atomic mass is 16.5. The minimum absolute atomic E-state index is 0.322. The Balaban J connectivity index is 2.15. The smallest absolute Gasteiger partial charge is 0.120 e. The normalized spacial score (nSPS) is 20.2. The first-order chi connectivity index (χ1) is 7.81. The molecule has 3 heteroatoms. The molecule has 3 nitrogen and oxygen atoms in total. The number of hydrogen-bond donors (Lipinski definition) is 2. The Hall–Kier alpha value is -1.06. The first-order valence-electron chi connectivity index (χ1n) is 5.85. The minimum Gasteiger partial charge on any atom is -0.508 e. The Morgan fingerprint density at radius 2 is 2.38 bits per heavy atom. The lowest BCUT2D eigenvalue weighted by Gasteiger charge is -2.14. The fourth-order valence-electron chi connectivity index (χ4n) is 2.21. The van der Waals surface area contributed by atoms with E-state index in [1.165, 1.54) is 12.0 Å². The molecular formula is C13H19NO2. The number of rotatable bonds is 4. The van der Waals surface area contributed by atoms with Crippen LogP contribution in [0.1, 0.15) is 30.0 Å². The number of ether oxygens (including phenoxy) is 1. The third-order valence-corrected chi connectivity index (χ3v) is 3.12. The first-order valence-corrected chi connectivity index (χ1v) is 5.85. The summed E-state index contributed by atoms with van der Waals surface area (Å²) in [5.41, 5.74) is 2.26. The van der Waals surface area contributed by atoms with Gasteiger partial charge in [0, 0.05) is 18.7 Å². The van der Waals surface area contributed by atoms with Gasteiger partial charge in [-0.05, 0) is 37.4 Å². The molecule has 1 aromatic rings. The molecule has 0 aromatic heterocycles. The molecular weight excluding hydrogens is 202 g/mol. The fraction of sp³-hybridized carbons (Fsp3) is 0.538. The van der Waals surface area contributed by atoms with Crippen LogP contribution in [0.25, 0.3) is 0 Å². The van der Waals surface area contributed by atoms with Crippen molar-refractivity contribution in [3.8, 4) is 5.75 Å². The van der Waals surface area contributed by atoms with Gasteiger partial charge in [0.25, 0.3) is 0 Å². The van der Waals surface area contributed by atoms with Crippen molar-refractivity contribution in [3.05, 3.63) is 29.3 Å². The second-order valence-electron chi connectivity index (χ2n) is 4.28. The van der Waals surface area contributed by atoms with Crippen molar-refractivity contribution in [1.82, 2.24) is 5.32 Å². The summed E-state index contributed by atoms with van der Waals surface area (Å²) in [7, 11) is 1.71. The highest BCUT2D eigenvalue weighted by Gasteiger charge is 2.19. The Kier molecular flexibility index (Phi) is 3.80. The summed E-state index contributed by atoms with van der Waals surface area (Å²) in [6.07, 6.45) is 3.20. The summed E-state index contributed by atoms with van der Waals surface area (Å²) in [5.74, 6) is 0.403. The van der Waals surface area contributed by atoms with Crippen LogP contribution >= 0.6 is 0 Å². The molecule has 0 bridgehead atoms. The minimum atomic E-state index is 0.322. The average Bonchev–Trinajstić information content (AvgIpc) is 2.81. The van der Waals surface area contributed by atoms with Gasteiger partial charge >= 0.3 is 0 Å². The highest BCUT2D eigenvalue weighted by Crippen LogP contribution is 2.30. The van der Waals surface area contributed by atoms with Crippen LogP contribution in [0, 0.1) is 0 Å². The van der Waals surface area contributed by atoms with Gasteiger partial charge in [0.1, 0.15) is 5.75 Å². The van der Waals surface area contributed by atoms with E-state index in [-0.39, 0.29) is 0 Å². The first kappa shape index (κ1) is 11.4. The maximum atomic E-state index is 9.85. The van der Waals surface area contributed by atoms with Crippen LogP contribution in [-0.4, -0.2) is 25.4 Å². The van der Waals surface area contributed by atoms with Crippen LogP contribution in [0.3, 0.4) is 0 Å². The van der Waals surface area contributed by atoms with Crippen molar-refractivity contribution < 1.29 is 9.84 Å². The standard InChI is InChI=1S/C13H19NO2/c1-16-8-6-10-4-5-13(15)11(9-10)12-3-2-7-14-12/h4-5,9,12,14-15H,2-3,6-8H2,1H3/t12-/m0/s1. The molecule has 1 aliphatic rings. The van der Waals surface area contributed by atoms with Crippen molar-refractivity contribution in [1.29, 1.82) is 0 Å². The third kappa shape index (κ3) is 2.54. The molecule has 1 heterocycles. The van der Waals surface area contributed by atoms with E-state index < -0.39 is 0 Å². The molecule has 1 aliphatic heterocycles. The summed E-state index contributed by atoms with van der Waals surface area (Å²) in [5, 5.41) is 13.3. The van der Waals surface area contributed by atoms with Crippen molar-refractivity contribution in [2.24, 2.45) is 0 Å². The zero-order valence-electron chi connectivity index (χ0n) is 9.70. The van der Waals surface area contributed by atoms with Gasteiger partial charge in [-0.15, -0.1) is 0 Å². The van der Waals surface area contributed by atoms with E-state index in [0.29, 0.717) is 11.8 Å². The second kappa shape index (κ2) is 5.32. The number of phenolic OH excluding ortho intramolecular Hbond substituents is 1. The Labute approximate surface area is 96.4 Å². The van der Waals surface area contributed by atoms with Gasteiger partial charge in [-0.3, -0.25) is 0 Å². The van der Waals surface area contributed by atoms with E-state index in [0.717, 1.165) is 31.6 Å². The molecule has 1 saturated heterocycles. The summed E-state index contributed by atoms with van der Waals surface area (Å²) in [4.78, 5) is 0. The molecule has 0 aliphatic carbocycles. The molecule has 1 fully saturated rings. The highest BCUT2D eigenvalue weighted by molar-refractivity contribution is 5.39. The lowest BCUT2D eigenvalue weighted by molar-refractivity contribution is 0.202. The van der Waals surface area contributed by atoms with E-state index in [1.54, 1.807) is 13.2 Å². The van der Waals surface area contributed by atoms with Crippen LogP contribution < -0.4 is 5.32 Å². The number of benzene rings is 1. The quantitative estimate of drug-likeness (QED) is 0.817. The molecule has 1 aromatic carbocycles. The van der Waals surface area contributed by atoms with Crippen LogP contribution in [0.4, 0.5) is 0 Å². The molecule has 0 radical (unpaired) electrons. The van der Waals surface area contributed by atoms with Gasteiger partial charge in [0.15, 0.2) is 0 Å². The Morgan fingerprint density at radius 1 is 1.50 bits per heavy atom. The topological polar surface area (TPSA) is 41.5 Å². The van der Waals surface area contributed by atoms with Crippen molar-refractivity contribution in [2.75, 3.05) is 20.3 Å². The number of hydrogen-bond acceptors (Lipinski definition) is 3. The van der Waals surface area contributed by atoms with Crippen molar-refractivity contribution >= 4 is 0 Å². The van der Waals surface area contributed by atoms with Gasteiger partial charge in [0.05, 0.1) is 6.61 Å². The molecule has 2 rings (SSSR count). The number of nitrogens with one attached hydrogen (secondary N) is 1. The molecule has 0 amide bonds. The molecule has 1 atom stereocenters. The summed E-state index contributed by atoms with van der Waals surface area (Å²) in [6.45, 7) is 1.77. The maximum absolute atomic E-state index is 9.85. The summed E-state index contributed by atoms with van der Waals surface area (Å²) in [6, 6.07) is 6.17. The van der Waals surface area contributed by atoms with Gasteiger partial charge in [-0.25, -0.2) is 0 Å². The molecule has 2 N–H and O–H groups in total. The molecule has 88 valence electrons. The Bertz CT molecular complexity index is 346. The van der Waals surface area contributed by atoms with Crippen molar-refractivity contribution in [3.63, 3.8) is 0 Å². The van der Waals surface area contributed by atoms with Gasteiger partial charge in [0.2, 0.25) is 0 Å². The monoisotopic (exact) mass is 221 g/mol. The Morgan fingerprint density at radius 3 is 3.06 bits per heavy atom. The lowest BCUT2D eigenvalue weighted by atomic mass is 10.0. The average molecular weight is 221 g/mol. The van der Waals surface area contributed by atoms with Gasteiger partial charge in [-0.2, -0.15) is 0 Å². The van der Waals surface area contributed by atoms with Crippen molar-refractivity contribution in [2.45, 2.75) is 25.3 Å². The third-order valence-electron chi connectivity index (χ3n) is 3.12. The number of phenols is 1. The molecule has 0 unspecified atom stereocenters. The van der Waals surface area contributed by atoms with E-state index >= 15 is 0 Å². The van der Waals surface area contributed by atoms with Crippen LogP contribution in [-0.2, 0) is 11.2 Å². The van der Waals surface area contributed by atoms with Gasteiger partial charge in [-0.1, -0.05) is 12.1 Å². The van der Waals surface area contributed by atoms with E-state index in [9.17, 15) is 5.11 Å². The van der Waals surface area contributed by atoms with E-state index in [1.807, 2.05) is 6.07 Å². The SMILES string of the molecule is COCCc1ccc(O)c([C@@H]2CCCN2)c1. The second-order valence-corrected chi connectivity index (χ2v) is 4.28. The zero-order valence-corrected chi connectivity index (χ0v) is 9.70. The van der Waals surface area contributed by atoms with E-state index in [2.05, 4.69) is 11.4 Å². The van der Waals surface area contributed by atoms with Crippen LogP contribution in [0.15, 0.2) is 18.2 Å². The fourth-order valence-corrected chi connectivity index (χ4v) is 2.21. The van der Waals surface area contributed by atoms with Gasteiger partial charge < -0.3 is 15.2 Å². The molecule has 16 heavy (non-hydrogen) atoms. The zero-order chi connectivity index (χ0) is 11.4. The summed E-state index contributed by atoms with van der Waals surface area (Å²) >= 11 is 0. The molecule has 0 spiro atoms. The predicted octanol–water partition coefficient (Wildman–Crippen LogP) is 2.01. The van der Waals surface area contributed by atoms with E-state index in [4.69, 9.17) is 4.74 Å². The number of aromatic hydroxyl groups is 1. The number of methoxy groups -OCH3 is 1. The van der Waals surface area contributed by atoms with Crippen LogP contribution in [0.5, 0.6) is 5.75 Å². The summed E-state index contributed by atoms with van der Waals surface area (Å²) < 4.78 is 5.06. The largest absolute Gasteiger partial charge is 0.508 e.